The maximum Gasteiger partial charge on any atom is 0.140 e. The number of hydrogen-bond acceptors (Lipinski definition) is 1. The first-order valence-electron chi connectivity index (χ1n) is 7.14. The minimum atomic E-state index is -0.0126. The van der Waals surface area contributed by atoms with Gasteiger partial charge in [-0.25, -0.2) is 0 Å². The zero-order valence-electron chi connectivity index (χ0n) is 11.7. The van der Waals surface area contributed by atoms with Crippen molar-refractivity contribution in [2.24, 2.45) is 5.92 Å². The Hall–Kier alpha value is -2.15. The highest BCUT2D eigenvalue weighted by Crippen LogP contribution is 2.39. The highest BCUT2D eigenvalue weighted by Gasteiger charge is 2.27. The van der Waals surface area contributed by atoms with Crippen molar-refractivity contribution in [1.82, 2.24) is 0 Å². The molecule has 0 unspecified atom stereocenters. The van der Waals surface area contributed by atoms with Crippen molar-refractivity contribution in [2.75, 3.05) is 0 Å². The maximum atomic E-state index is 12.1. The molecule has 0 saturated heterocycles. The third-order valence-corrected chi connectivity index (χ3v) is 4.07. The standard InChI is InChI=1S/C19H18O/c1-14-18(20)13-12-17(15-8-4-2-5-9-15)19(14)16-10-6-3-7-11-16/h2-11,14H,12-13H2,1H3/t14-/m0/s1. The lowest BCUT2D eigenvalue weighted by Gasteiger charge is -2.26. The van der Waals surface area contributed by atoms with Gasteiger partial charge < -0.3 is 0 Å². The van der Waals surface area contributed by atoms with Gasteiger partial charge in [0.15, 0.2) is 0 Å². The lowest BCUT2D eigenvalue weighted by Crippen LogP contribution is -2.19. The second-order valence-electron chi connectivity index (χ2n) is 5.31. The Morgan fingerprint density at radius 1 is 0.800 bits per heavy atom. The van der Waals surface area contributed by atoms with Gasteiger partial charge in [0, 0.05) is 12.3 Å². The molecule has 100 valence electrons. The minimum Gasteiger partial charge on any atom is -0.299 e. The van der Waals surface area contributed by atoms with Crippen LogP contribution in [0.5, 0.6) is 0 Å². The van der Waals surface area contributed by atoms with Crippen LogP contribution >= 0.6 is 0 Å². The third-order valence-electron chi connectivity index (χ3n) is 4.07. The molecule has 0 spiro atoms. The van der Waals surface area contributed by atoms with Crippen molar-refractivity contribution in [3.8, 4) is 0 Å². The van der Waals surface area contributed by atoms with E-state index in [1.165, 1.54) is 22.3 Å². The van der Waals surface area contributed by atoms with Gasteiger partial charge >= 0.3 is 0 Å². The highest BCUT2D eigenvalue weighted by atomic mass is 16.1. The molecule has 1 atom stereocenters. The zero-order valence-corrected chi connectivity index (χ0v) is 11.7. The largest absolute Gasteiger partial charge is 0.299 e. The summed E-state index contributed by atoms with van der Waals surface area (Å²) < 4.78 is 0. The molecule has 0 bridgehead atoms. The van der Waals surface area contributed by atoms with Crippen LogP contribution in [0.3, 0.4) is 0 Å². The van der Waals surface area contributed by atoms with Gasteiger partial charge in [-0.2, -0.15) is 0 Å². The summed E-state index contributed by atoms with van der Waals surface area (Å²) in [5.41, 5.74) is 4.94. The molecule has 1 heteroatoms. The summed E-state index contributed by atoms with van der Waals surface area (Å²) >= 11 is 0. The molecule has 0 N–H and O–H groups in total. The van der Waals surface area contributed by atoms with Crippen LogP contribution in [0.2, 0.25) is 0 Å². The summed E-state index contributed by atoms with van der Waals surface area (Å²) in [6, 6.07) is 20.7. The van der Waals surface area contributed by atoms with E-state index in [9.17, 15) is 4.79 Å². The Labute approximate surface area is 120 Å². The molecule has 2 aromatic rings. The van der Waals surface area contributed by atoms with E-state index in [0.29, 0.717) is 12.2 Å². The Balaban J connectivity index is 2.19. The van der Waals surface area contributed by atoms with E-state index in [0.717, 1.165) is 6.42 Å². The van der Waals surface area contributed by atoms with Crippen LogP contribution in [-0.2, 0) is 4.79 Å². The van der Waals surface area contributed by atoms with E-state index in [2.05, 4.69) is 36.4 Å². The molecular formula is C19H18O. The molecule has 20 heavy (non-hydrogen) atoms. The topological polar surface area (TPSA) is 17.1 Å². The van der Waals surface area contributed by atoms with Crippen molar-refractivity contribution >= 4 is 16.9 Å². The zero-order chi connectivity index (χ0) is 13.9. The molecule has 0 amide bonds. The normalized spacial score (nSPS) is 19.2. The lowest BCUT2D eigenvalue weighted by molar-refractivity contribution is -0.120. The van der Waals surface area contributed by atoms with Gasteiger partial charge in [-0.05, 0) is 28.7 Å². The first kappa shape index (κ1) is 12.9. The summed E-state index contributed by atoms with van der Waals surface area (Å²) in [5, 5.41) is 0. The van der Waals surface area contributed by atoms with Crippen LogP contribution in [0.4, 0.5) is 0 Å². The SMILES string of the molecule is C[C@H]1C(=O)CCC(c2ccccc2)=C1c1ccccc1. The molecular weight excluding hydrogens is 244 g/mol. The van der Waals surface area contributed by atoms with Gasteiger partial charge in [-0.1, -0.05) is 67.6 Å². The number of carbonyl (C=O) groups excluding carboxylic acids is 1. The summed E-state index contributed by atoms with van der Waals surface area (Å²) in [5.74, 6) is 0.338. The van der Waals surface area contributed by atoms with Gasteiger partial charge in [0.2, 0.25) is 0 Å². The van der Waals surface area contributed by atoms with Gasteiger partial charge in [0.05, 0.1) is 0 Å². The van der Waals surface area contributed by atoms with Crippen molar-refractivity contribution in [3.63, 3.8) is 0 Å². The summed E-state index contributed by atoms with van der Waals surface area (Å²) in [4.78, 5) is 12.1. The van der Waals surface area contributed by atoms with E-state index < -0.39 is 0 Å². The average Bonchev–Trinajstić information content (AvgIpc) is 2.51. The summed E-state index contributed by atoms with van der Waals surface area (Å²) in [6.07, 6.45) is 1.50. The summed E-state index contributed by atoms with van der Waals surface area (Å²) in [6.45, 7) is 2.03. The predicted molar refractivity (Wildman–Crippen MR) is 83.1 cm³/mol. The quantitative estimate of drug-likeness (QED) is 0.773. The second kappa shape index (κ2) is 5.46. The van der Waals surface area contributed by atoms with Crippen molar-refractivity contribution in [1.29, 1.82) is 0 Å². The lowest BCUT2D eigenvalue weighted by atomic mass is 9.77. The van der Waals surface area contributed by atoms with Gasteiger partial charge in [0.1, 0.15) is 5.78 Å². The Morgan fingerprint density at radius 2 is 1.35 bits per heavy atom. The second-order valence-corrected chi connectivity index (χ2v) is 5.31. The third kappa shape index (κ3) is 2.32. The summed E-state index contributed by atoms with van der Waals surface area (Å²) in [7, 11) is 0. The Bertz CT molecular complexity index is 638. The smallest absolute Gasteiger partial charge is 0.140 e. The van der Waals surface area contributed by atoms with E-state index in [-0.39, 0.29) is 5.92 Å². The average molecular weight is 262 g/mol. The molecule has 0 aliphatic heterocycles. The van der Waals surface area contributed by atoms with E-state index in [1.54, 1.807) is 0 Å². The number of allylic oxidation sites excluding steroid dienone is 2. The maximum absolute atomic E-state index is 12.1. The Kier molecular flexibility index (Phi) is 3.51. The molecule has 0 aromatic heterocycles. The van der Waals surface area contributed by atoms with Crippen LogP contribution in [-0.4, -0.2) is 5.78 Å². The first-order chi connectivity index (χ1) is 9.77. The number of carbonyl (C=O) groups is 1. The highest BCUT2D eigenvalue weighted by molar-refractivity contribution is 6.05. The molecule has 0 heterocycles. The number of hydrogen-bond donors (Lipinski definition) is 0. The number of ketones is 1. The van der Waals surface area contributed by atoms with Crippen LogP contribution in [0.25, 0.3) is 11.1 Å². The van der Waals surface area contributed by atoms with Gasteiger partial charge in [0.25, 0.3) is 0 Å². The molecule has 1 nitrogen and oxygen atoms in total. The molecule has 2 aromatic carbocycles. The van der Waals surface area contributed by atoms with Crippen LogP contribution in [0, 0.1) is 5.92 Å². The van der Waals surface area contributed by atoms with Gasteiger partial charge in [-0.15, -0.1) is 0 Å². The van der Waals surface area contributed by atoms with Crippen LogP contribution in [0.1, 0.15) is 30.9 Å². The number of Topliss-reactive ketones (excluding diaryl/α,β-unsaturated/α-hetero) is 1. The fourth-order valence-electron chi connectivity index (χ4n) is 3.00. The van der Waals surface area contributed by atoms with Crippen LogP contribution in [0.15, 0.2) is 60.7 Å². The fourth-order valence-corrected chi connectivity index (χ4v) is 3.00. The van der Waals surface area contributed by atoms with E-state index >= 15 is 0 Å². The predicted octanol–water partition coefficient (Wildman–Crippen LogP) is 4.60. The number of benzene rings is 2. The molecule has 1 aliphatic rings. The molecule has 3 rings (SSSR count). The minimum absolute atomic E-state index is 0.0126. The van der Waals surface area contributed by atoms with E-state index in [1.807, 2.05) is 31.2 Å². The van der Waals surface area contributed by atoms with Crippen molar-refractivity contribution in [3.05, 3.63) is 71.8 Å². The van der Waals surface area contributed by atoms with Crippen molar-refractivity contribution < 1.29 is 4.79 Å². The molecule has 0 radical (unpaired) electrons. The van der Waals surface area contributed by atoms with Crippen LogP contribution < -0.4 is 0 Å². The van der Waals surface area contributed by atoms with Gasteiger partial charge in [-0.3, -0.25) is 4.79 Å². The van der Waals surface area contributed by atoms with E-state index in [4.69, 9.17) is 0 Å². The molecule has 1 aliphatic carbocycles. The molecule has 0 saturated carbocycles. The fraction of sp³-hybridized carbons (Fsp3) is 0.211. The number of rotatable bonds is 2. The monoisotopic (exact) mass is 262 g/mol. The molecule has 0 fully saturated rings. The first-order valence-corrected chi connectivity index (χ1v) is 7.14. The van der Waals surface area contributed by atoms with Crippen molar-refractivity contribution in [2.45, 2.75) is 19.8 Å². The Morgan fingerprint density at radius 3 is 1.95 bits per heavy atom.